The van der Waals surface area contributed by atoms with Gasteiger partial charge in [0.2, 0.25) is 5.91 Å². The summed E-state index contributed by atoms with van der Waals surface area (Å²) in [5, 5.41) is 12.0. The molecular formula is C28H34N2O5. The number of rotatable bonds is 9. The Morgan fingerprint density at radius 3 is 2.37 bits per heavy atom. The minimum absolute atomic E-state index is 0.00709. The van der Waals surface area contributed by atoms with Gasteiger partial charge in [-0.25, -0.2) is 4.79 Å². The maximum atomic E-state index is 12.7. The minimum Gasteiger partial charge on any atom is -0.481 e. The second-order valence-electron chi connectivity index (χ2n) is 9.56. The van der Waals surface area contributed by atoms with Gasteiger partial charge in [0, 0.05) is 37.9 Å². The molecule has 0 saturated carbocycles. The number of hydrogen-bond acceptors (Lipinski definition) is 4. The van der Waals surface area contributed by atoms with Crippen molar-refractivity contribution in [1.82, 2.24) is 10.2 Å². The zero-order chi connectivity index (χ0) is 24.8. The van der Waals surface area contributed by atoms with Gasteiger partial charge >= 0.3 is 12.1 Å². The van der Waals surface area contributed by atoms with Crippen LogP contribution in [0.15, 0.2) is 48.5 Å². The lowest BCUT2D eigenvalue weighted by Crippen LogP contribution is -2.41. The van der Waals surface area contributed by atoms with Crippen molar-refractivity contribution in [3.05, 3.63) is 59.7 Å². The van der Waals surface area contributed by atoms with E-state index >= 15 is 0 Å². The Balaban J connectivity index is 1.26. The van der Waals surface area contributed by atoms with Gasteiger partial charge in [0.25, 0.3) is 0 Å². The SMILES string of the molecule is CCC(CCC(=O)N1CCCC(CC(=O)O)C1)NC(=O)OCC1c2ccccc2-c2ccccc21. The van der Waals surface area contributed by atoms with Crippen molar-refractivity contribution in [1.29, 1.82) is 0 Å². The van der Waals surface area contributed by atoms with Crippen molar-refractivity contribution in [3.63, 3.8) is 0 Å². The number of piperidine rings is 1. The molecule has 2 unspecified atom stereocenters. The van der Waals surface area contributed by atoms with Crippen molar-refractivity contribution in [2.45, 2.75) is 57.4 Å². The Bertz CT molecular complexity index is 1020. The normalized spacial score (nSPS) is 17.9. The molecule has 2 amide bonds. The lowest BCUT2D eigenvalue weighted by Gasteiger charge is -2.32. The molecule has 1 fully saturated rings. The summed E-state index contributed by atoms with van der Waals surface area (Å²) in [7, 11) is 0. The monoisotopic (exact) mass is 478 g/mol. The molecule has 0 bridgehead atoms. The van der Waals surface area contributed by atoms with Crippen LogP contribution in [0.1, 0.15) is 62.5 Å². The maximum Gasteiger partial charge on any atom is 0.407 e. The van der Waals surface area contributed by atoms with Crippen LogP contribution >= 0.6 is 0 Å². The van der Waals surface area contributed by atoms with Crippen molar-refractivity contribution in [2.24, 2.45) is 5.92 Å². The quantitative estimate of drug-likeness (QED) is 0.540. The highest BCUT2D eigenvalue weighted by Gasteiger charge is 2.29. The molecule has 0 radical (unpaired) electrons. The number of ether oxygens (including phenoxy) is 1. The largest absolute Gasteiger partial charge is 0.481 e. The van der Waals surface area contributed by atoms with Gasteiger partial charge in [-0.05, 0) is 53.9 Å². The smallest absolute Gasteiger partial charge is 0.407 e. The van der Waals surface area contributed by atoms with E-state index < -0.39 is 12.1 Å². The molecule has 7 heteroatoms. The van der Waals surface area contributed by atoms with Gasteiger partial charge in [-0.2, -0.15) is 0 Å². The Morgan fingerprint density at radius 1 is 1.09 bits per heavy atom. The number of fused-ring (bicyclic) bond motifs is 3. The first-order valence-corrected chi connectivity index (χ1v) is 12.6. The molecule has 7 nitrogen and oxygen atoms in total. The number of nitrogens with one attached hydrogen (secondary N) is 1. The zero-order valence-corrected chi connectivity index (χ0v) is 20.2. The summed E-state index contributed by atoms with van der Waals surface area (Å²) in [6, 6.07) is 16.3. The average molecular weight is 479 g/mol. The van der Waals surface area contributed by atoms with Crippen LogP contribution < -0.4 is 5.32 Å². The number of benzene rings is 2. The molecule has 2 aromatic carbocycles. The first-order valence-electron chi connectivity index (χ1n) is 12.6. The lowest BCUT2D eigenvalue weighted by molar-refractivity contribution is -0.140. The third-order valence-corrected chi connectivity index (χ3v) is 7.20. The van der Waals surface area contributed by atoms with E-state index in [2.05, 4.69) is 29.6 Å². The van der Waals surface area contributed by atoms with Crippen molar-refractivity contribution in [3.8, 4) is 11.1 Å². The van der Waals surface area contributed by atoms with Gasteiger partial charge < -0.3 is 20.1 Å². The van der Waals surface area contributed by atoms with Crippen molar-refractivity contribution >= 4 is 18.0 Å². The van der Waals surface area contributed by atoms with Gasteiger partial charge in [0.05, 0.1) is 0 Å². The van der Waals surface area contributed by atoms with Crippen LogP contribution in [0, 0.1) is 5.92 Å². The highest BCUT2D eigenvalue weighted by molar-refractivity contribution is 5.79. The Labute approximate surface area is 206 Å². The molecule has 1 saturated heterocycles. The second-order valence-corrected chi connectivity index (χ2v) is 9.56. The molecule has 2 N–H and O–H groups in total. The highest BCUT2D eigenvalue weighted by Crippen LogP contribution is 2.44. The van der Waals surface area contributed by atoms with E-state index in [1.165, 1.54) is 22.3 Å². The number of carbonyl (C=O) groups excluding carboxylic acids is 2. The number of carboxylic acid groups (broad SMARTS) is 1. The van der Waals surface area contributed by atoms with E-state index in [0.29, 0.717) is 32.4 Å². The van der Waals surface area contributed by atoms with E-state index in [4.69, 9.17) is 9.84 Å². The van der Waals surface area contributed by atoms with Gasteiger partial charge in [-0.1, -0.05) is 55.5 Å². The molecule has 2 aromatic rings. The van der Waals surface area contributed by atoms with Gasteiger partial charge in [-0.3, -0.25) is 9.59 Å². The maximum absolute atomic E-state index is 12.7. The molecular weight excluding hydrogens is 444 g/mol. The lowest BCUT2D eigenvalue weighted by atomic mass is 9.94. The number of carbonyl (C=O) groups is 3. The first-order chi connectivity index (χ1) is 17.0. The van der Waals surface area contributed by atoms with E-state index in [1.807, 2.05) is 31.2 Å². The third kappa shape index (κ3) is 6.02. The van der Waals surface area contributed by atoms with E-state index in [9.17, 15) is 14.4 Å². The molecule has 0 aromatic heterocycles. The Kier molecular flexibility index (Phi) is 8.06. The number of nitrogens with zero attached hydrogens (tertiary/aromatic N) is 1. The van der Waals surface area contributed by atoms with Crippen molar-refractivity contribution < 1.29 is 24.2 Å². The predicted molar refractivity (Wildman–Crippen MR) is 133 cm³/mol. The fraction of sp³-hybridized carbons (Fsp3) is 0.464. The van der Waals surface area contributed by atoms with Crippen LogP contribution in [0.4, 0.5) is 4.79 Å². The van der Waals surface area contributed by atoms with Crippen LogP contribution in [0.25, 0.3) is 11.1 Å². The van der Waals surface area contributed by atoms with Gasteiger partial charge in [0.1, 0.15) is 6.61 Å². The molecule has 1 aliphatic carbocycles. The number of aliphatic carboxylic acids is 1. The fourth-order valence-electron chi connectivity index (χ4n) is 5.35. The van der Waals surface area contributed by atoms with E-state index in [-0.39, 0.29) is 36.8 Å². The summed E-state index contributed by atoms with van der Waals surface area (Å²) >= 11 is 0. The summed E-state index contributed by atoms with van der Waals surface area (Å²) in [6.07, 6.45) is 2.85. The summed E-state index contributed by atoms with van der Waals surface area (Å²) in [5.74, 6) is -0.769. The number of hydrogen-bond donors (Lipinski definition) is 2. The van der Waals surface area contributed by atoms with Gasteiger partial charge in [-0.15, -0.1) is 0 Å². The number of amides is 2. The number of likely N-dealkylation sites (tertiary alicyclic amines) is 1. The Hall–Kier alpha value is -3.35. The van der Waals surface area contributed by atoms with E-state index in [0.717, 1.165) is 12.8 Å². The molecule has 1 heterocycles. The number of alkyl carbamates (subject to hydrolysis) is 1. The Morgan fingerprint density at radius 2 is 1.74 bits per heavy atom. The predicted octanol–water partition coefficient (Wildman–Crippen LogP) is 4.80. The molecule has 186 valence electrons. The van der Waals surface area contributed by atoms with E-state index in [1.54, 1.807) is 4.90 Å². The highest BCUT2D eigenvalue weighted by atomic mass is 16.5. The fourth-order valence-corrected chi connectivity index (χ4v) is 5.35. The summed E-state index contributed by atoms with van der Waals surface area (Å²) in [6.45, 7) is 3.41. The minimum atomic E-state index is -0.817. The average Bonchev–Trinajstić information content (AvgIpc) is 3.18. The summed E-state index contributed by atoms with van der Waals surface area (Å²) < 4.78 is 5.65. The molecule has 2 atom stereocenters. The van der Waals surface area contributed by atoms with Gasteiger partial charge in [0.15, 0.2) is 0 Å². The molecule has 0 spiro atoms. The molecule has 2 aliphatic rings. The van der Waals surface area contributed by atoms with Crippen LogP contribution in [-0.2, 0) is 14.3 Å². The van der Waals surface area contributed by atoms with Crippen LogP contribution in [0.2, 0.25) is 0 Å². The van der Waals surface area contributed by atoms with Crippen molar-refractivity contribution in [2.75, 3.05) is 19.7 Å². The van der Waals surface area contributed by atoms with Crippen LogP contribution in [0.5, 0.6) is 0 Å². The second kappa shape index (κ2) is 11.4. The third-order valence-electron chi connectivity index (χ3n) is 7.20. The van der Waals surface area contributed by atoms with Crippen LogP contribution in [-0.4, -0.2) is 53.7 Å². The zero-order valence-electron chi connectivity index (χ0n) is 20.2. The van der Waals surface area contributed by atoms with Crippen LogP contribution in [0.3, 0.4) is 0 Å². The molecule has 35 heavy (non-hydrogen) atoms. The topological polar surface area (TPSA) is 95.9 Å². The molecule has 1 aliphatic heterocycles. The number of carboxylic acids is 1. The summed E-state index contributed by atoms with van der Waals surface area (Å²) in [4.78, 5) is 38.1. The summed E-state index contributed by atoms with van der Waals surface area (Å²) in [5.41, 5.74) is 4.71. The standard InChI is InChI=1S/C28H34N2O5/c1-2-20(13-14-26(31)30-15-7-8-19(17-30)16-27(32)33)29-28(34)35-18-25-23-11-5-3-9-21(23)22-10-4-6-12-24(22)25/h3-6,9-12,19-20,25H,2,7-8,13-18H2,1H3,(H,29,34)(H,32,33). The first kappa shape index (κ1) is 24.8. The molecule has 4 rings (SSSR count).